The summed E-state index contributed by atoms with van der Waals surface area (Å²) in [5.74, 6) is 1.66. The fourth-order valence-electron chi connectivity index (χ4n) is 3.16. The largest absolute Gasteiger partial charge is 0.469 e. The lowest BCUT2D eigenvalue weighted by molar-refractivity contribution is -0.140. The second-order valence-electron chi connectivity index (χ2n) is 6.66. The van der Waals surface area contributed by atoms with Gasteiger partial charge in [0.2, 0.25) is 0 Å². The van der Waals surface area contributed by atoms with Crippen molar-refractivity contribution in [3.05, 3.63) is 0 Å². The molecule has 24 heavy (non-hydrogen) atoms. The Labute approximate surface area is 164 Å². The molecule has 0 aromatic carbocycles. The van der Waals surface area contributed by atoms with Crippen LogP contribution in [0.2, 0.25) is 0 Å². The minimum atomic E-state index is -0.135. The number of rotatable bonds is 9. The second kappa shape index (κ2) is 14.8. The molecule has 1 atom stereocenters. The molecule has 0 saturated heterocycles. The zero-order valence-corrected chi connectivity index (χ0v) is 17.9. The number of nitrogens with one attached hydrogen (secondary N) is 2. The van der Waals surface area contributed by atoms with Crippen molar-refractivity contribution in [3.63, 3.8) is 0 Å². The highest BCUT2D eigenvalue weighted by Crippen LogP contribution is 2.27. The number of guanidine groups is 1. The number of unbranched alkanes of at least 4 members (excludes halogenated alkanes) is 1. The zero-order chi connectivity index (χ0) is 16.9. The van der Waals surface area contributed by atoms with Gasteiger partial charge in [0.1, 0.15) is 0 Å². The fourth-order valence-corrected chi connectivity index (χ4v) is 3.16. The molecule has 0 spiro atoms. The number of carbonyl (C=O) groups excluding carboxylic acids is 1. The van der Waals surface area contributed by atoms with Gasteiger partial charge in [-0.2, -0.15) is 0 Å². The molecular formula is C18H36IN3O2. The predicted octanol–water partition coefficient (Wildman–Crippen LogP) is 3.86. The SMILES string of the molecule is CN=C(NCCCCC(=O)OC)NC(C)CCC1CCCCC1.I. The first-order chi connectivity index (χ1) is 11.2. The molecule has 1 unspecified atom stereocenters. The third kappa shape index (κ3) is 11.1. The molecule has 0 heterocycles. The lowest BCUT2D eigenvalue weighted by atomic mass is 9.85. The number of esters is 1. The van der Waals surface area contributed by atoms with E-state index in [-0.39, 0.29) is 29.9 Å². The van der Waals surface area contributed by atoms with Gasteiger partial charge in [-0.3, -0.25) is 9.79 Å². The van der Waals surface area contributed by atoms with Crippen LogP contribution in [-0.2, 0) is 9.53 Å². The lowest BCUT2D eigenvalue weighted by Gasteiger charge is -2.24. The maximum atomic E-state index is 11.0. The number of aliphatic imine (C=N–C) groups is 1. The van der Waals surface area contributed by atoms with Crippen molar-refractivity contribution in [3.8, 4) is 0 Å². The molecule has 6 heteroatoms. The van der Waals surface area contributed by atoms with E-state index in [1.165, 1.54) is 52.1 Å². The minimum absolute atomic E-state index is 0. The van der Waals surface area contributed by atoms with Crippen LogP contribution in [0.4, 0.5) is 0 Å². The molecule has 1 rings (SSSR count). The summed E-state index contributed by atoms with van der Waals surface area (Å²) >= 11 is 0. The van der Waals surface area contributed by atoms with Crippen LogP contribution >= 0.6 is 24.0 Å². The van der Waals surface area contributed by atoms with E-state index in [4.69, 9.17) is 0 Å². The monoisotopic (exact) mass is 453 g/mol. The van der Waals surface area contributed by atoms with Crippen molar-refractivity contribution in [2.75, 3.05) is 20.7 Å². The van der Waals surface area contributed by atoms with Gasteiger partial charge >= 0.3 is 5.97 Å². The number of methoxy groups -OCH3 is 1. The van der Waals surface area contributed by atoms with E-state index < -0.39 is 0 Å². The molecule has 2 N–H and O–H groups in total. The zero-order valence-electron chi connectivity index (χ0n) is 15.6. The van der Waals surface area contributed by atoms with Gasteiger partial charge in [0, 0.05) is 26.1 Å². The van der Waals surface area contributed by atoms with Gasteiger partial charge in [0.05, 0.1) is 7.11 Å². The van der Waals surface area contributed by atoms with Crippen molar-refractivity contribution in [2.45, 2.75) is 77.2 Å². The molecule has 0 radical (unpaired) electrons. The Balaban J connectivity index is 0.00000529. The van der Waals surface area contributed by atoms with Gasteiger partial charge in [0.25, 0.3) is 0 Å². The van der Waals surface area contributed by atoms with E-state index in [0.29, 0.717) is 12.5 Å². The van der Waals surface area contributed by atoms with Crippen LogP contribution in [0.25, 0.3) is 0 Å². The molecule has 0 bridgehead atoms. The van der Waals surface area contributed by atoms with Crippen LogP contribution in [0.3, 0.4) is 0 Å². The summed E-state index contributed by atoms with van der Waals surface area (Å²) in [5, 5.41) is 6.78. The highest BCUT2D eigenvalue weighted by molar-refractivity contribution is 14.0. The Morgan fingerprint density at radius 3 is 2.58 bits per heavy atom. The normalized spacial score (nSPS) is 16.9. The van der Waals surface area contributed by atoms with Gasteiger partial charge in [-0.05, 0) is 38.5 Å². The molecule has 0 aliphatic heterocycles. The molecular weight excluding hydrogens is 417 g/mol. The Kier molecular flexibility index (Phi) is 14.5. The molecule has 5 nitrogen and oxygen atoms in total. The molecule has 1 aliphatic rings. The van der Waals surface area contributed by atoms with Crippen molar-refractivity contribution in [1.82, 2.24) is 10.6 Å². The topological polar surface area (TPSA) is 62.7 Å². The van der Waals surface area contributed by atoms with E-state index in [0.717, 1.165) is 31.3 Å². The number of ether oxygens (including phenoxy) is 1. The second-order valence-corrected chi connectivity index (χ2v) is 6.66. The summed E-state index contributed by atoms with van der Waals surface area (Å²) in [6.07, 6.45) is 11.9. The molecule has 0 aromatic heterocycles. The van der Waals surface area contributed by atoms with Crippen LogP contribution in [0.1, 0.15) is 71.1 Å². The lowest BCUT2D eigenvalue weighted by Crippen LogP contribution is -2.42. The van der Waals surface area contributed by atoms with Crippen molar-refractivity contribution in [1.29, 1.82) is 0 Å². The quantitative estimate of drug-likeness (QED) is 0.183. The molecule has 1 fully saturated rings. The summed E-state index contributed by atoms with van der Waals surface area (Å²) in [5.41, 5.74) is 0. The predicted molar refractivity (Wildman–Crippen MR) is 111 cm³/mol. The maximum Gasteiger partial charge on any atom is 0.305 e. The number of halogens is 1. The van der Waals surface area contributed by atoms with E-state index >= 15 is 0 Å². The van der Waals surface area contributed by atoms with Gasteiger partial charge in [-0.1, -0.05) is 32.1 Å². The highest BCUT2D eigenvalue weighted by Gasteiger charge is 2.14. The van der Waals surface area contributed by atoms with Crippen LogP contribution in [0.15, 0.2) is 4.99 Å². The average Bonchev–Trinajstić information content (AvgIpc) is 2.59. The maximum absolute atomic E-state index is 11.0. The molecule has 142 valence electrons. The smallest absolute Gasteiger partial charge is 0.305 e. The first kappa shape index (κ1) is 23.5. The minimum Gasteiger partial charge on any atom is -0.469 e. The van der Waals surface area contributed by atoms with Crippen LogP contribution < -0.4 is 10.6 Å². The Morgan fingerprint density at radius 2 is 1.96 bits per heavy atom. The summed E-state index contributed by atoms with van der Waals surface area (Å²) < 4.78 is 4.63. The van der Waals surface area contributed by atoms with Crippen LogP contribution in [0.5, 0.6) is 0 Å². The Morgan fingerprint density at radius 1 is 1.25 bits per heavy atom. The number of hydrogen-bond acceptors (Lipinski definition) is 3. The van der Waals surface area contributed by atoms with E-state index in [1.54, 1.807) is 7.05 Å². The first-order valence-electron chi connectivity index (χ1n) is 9.19. The molecule has 1 saturated carbocycles. The van der Waals surface area contributed by atoms with Crippen LogP contribution in [0, 0.1) is 5.92 Å². The standard InChI is InChI=1S/C18H35N3O2.HI/c1-15(12-13-16-9-5-4-6-10-16)21-18(19-2)20-14-8-7-11-17(22)23-3;/h15-16H,4-14H2,1-3H3,(H2,19,20,21);1H. The number of hydrogen-bond donors (Lipinski definition) is 2. The fraction of sp³-hybridized carbons (Fsp3) is 0.889. The van der Waals surface area contributed by atoms with E-state index in [1.807, 2.05) is 0 Å². The number of carbonyl (C=O) groups is 1. The Hall–Kier alpha value is -0.530. The first-order valence-corrected chi connectivity index (χ1v) is 9.19. The van der Waals surface area contributed by atoms with Gasteiger partial charge in [-0.15, -0.1) is 24.0 Å². The number of nitrogens with zero attached hydrogens (tertiary/aromatic N) is 1. The molecule has 0 amide bonds. The average molecular weight is 453 g/mol. The van der Waals surface area contributed by atoms with Crippen molar-refractivity contribution in [2.24, 2.45) is 10.9 Å². The van der Waals surface area contributed by atoms with Gasteiger partial charge in [-0.25, -0.2) is 0 Å². The summed E-state index contributed by atoms with van der Waals surface area (Å²) in [4.78, 5) is 15.3. The van der Waals surface area contributed by atoms with Crippen molar-refractivity contribution >= 4 is 35.9 Å². The summed E-state index contributed by atoms with van der Waals surface area (Å²) in [6, 6.07) is 0.443. The third-order valence-electron chi connectivity index (χ3n) is 4.67. The Bertz CT molecular complexity index is 358. The van der Waals surface area contributed by atoms with E-state index in [2.05, 4.69) is 27.3 Å². The van der Waals surface area contributed by atoms with E-state index in [9.17, 15) is 4.79 Å². The van der Waals surface area contributed by atoms with Crippen LogP contribution in [-0.4, -0.2) is 38.7 Å². The molecule has 1 aliphatic carbocycles. The van der Waals surface area contributed by atoms with Gasteiger partial charge in [0.15, 0.2) is 5.96 Å². The van der Waals surface area contributed by atoms with Crippen molar-refractivity contribution < 1.29 is 9.53 Å². The molecule has 0 aromatic rings. The highest BCUT2D eigenvalue weighted by atomic mass is 127. The summed E-state index contributed by atoms with van der Waals surface area (Å²) in [7, 11) is 3.23. The van der Waals surface area contributed by atoms with Gasteiger partial charge < -0.3 is 15.4 Å². The third-order valence-corrected chi connectivity index (χ3v) is 4.67. The summed E-state index contributed by atoms with van der Waals surface area (Å²) in [6.45, 7) is 3.05.